The Morgan fingerprint density at radius 3 is 2.21 bits per heavy atom. The van der Waals surface area contributed by atoms with Crippen molar-refractivity contribution in [2.45, 2.75) is 26.1 Å². The highest BCUT2D eigenvalue weighted by atomic mass is 16.5. The van der Waals surface area contributed by atoms with Gasteiger partial charge in [-0.25, -0.2) is 0 Å². The molecule has 0 bridgehead atoms. The zero-order valence-electron chi connectivity index (χ0n) is 18.8. The van der Waals surface area contributed by atoms with Gasteiger partial charge in [-0.15, -0.1) is 0 Å². The first-order chi connectivity index (χ1) is 16.0. The first kappa shape index (κ1) is 23.6. The summed E-state index contributed by atoms with van der Waals surface area (Å²) in [6.45, 7) is 2.50. The number of carbonyl (C=O) groups excluding carboxylic acids is 2. The van der Waals surface area contributed by atoms with E-state index in [1.165, 1.54) is 6.08 Å². The monoisotopic (exact) mass is 444 g/mol. The second kappa shape index (κ2) is 12.1. The minimum absolute atomic E-state index is 0.252. The Labute approximate surface area is 194 Å². The van der Waals surface area contributed by atoms with Crippen LogP contribution in [0.15, 0.2) is 84.9 Å². The lowest BCUT2D eigenvalue weighted by Gasteiger charge is -2.13. The van der Waals surface area contributed by atoms with Gasteiger partial charge in [-0.2, -0.15) is 0 Å². The van der Waals surface area contributed by atoms with Gasteiger partial charge in [0, 0.05) is 12.6 Å². The Bertz CT molecular complexity index is 1060. The van der Waals surface area contributed by atoms with Crippen LogP contribution in [0.4, 0.5) is 0 Å². The van der Waals surface area contributed by atoms with Crippen molar-refractivity contribution in [2.75, 3.05) is 7.11 Å². The summed E-state index contributed by atoms with van der Waals surface area (Å²) in [5, 5.41) is 5.52. The second-order valence-corrected chi connectivity index (χ2v) is 7.47. The molecule has 0 aromatic heterocycles. The zero-order chi connectivity index (χ0) is 23.5. The third-order valence-corrected chi connectivity index (χ3v) is 4.93. The summed E-state index contributed by atoms with van der Waals surface area (Å²) in [5.74, 6) is 0.981. The van der Waals surface area contributed by atoms with Crippen LogP contribution in [0, 0.1) is 0 Å². The normalized spacial score (nSPS) is 11.6. The Kier molecular flexibility index (Phi) is 8.65. The highest BCUT2D eigenvalue weighted by molar-refractivity contribution is 5.95. The molecular formula is C27H28N2O4. The van der Waals surface area contributed by atoms with Crippen molar-refractivity contribution in [3.05, 3.63) is 102 Å². The van der Waals surface area contributed by atoms with Crippen molar-refractivity contribution in [3.8, 4) is 11.5 Å². The van der Waals surface area contributed by atoms with Gasteiger partial charge in [-0.05, 0) is 54.0 Å². The number of hydrogen-bond acceptors (Lipinski definition) is 4. The molecule has 0 aliphatic carbocycles. The summed E-state index contributed by atoms with van der Waals surface area (Å²) in [6.07, 6.45) is 3.09. The molecule has 0 radical (unpaired) electrons. The maximum Gasteiger partial charge on any atom is 0.244 e. The number of carbonyl (C=O) groups is 2. The smallest absolute Gasteiger partial charge is 0.244 e. The molecule has 0 aliphatic rings. The van der Waals surface area contributed by atoms with Crippen LogP contribution in [0.3, 0.4) is 0 Å². The van der Waals surface area contributed by atoms with E-state index in [1.807, 2.05) is 78.9 Å². The Morgan fingerprint density at radius 2 is 1.55 bits per heavy atom. The molecule has 6 nitrogen and oxygen atoms in total. The highest BCUT2D eigenvalue weighted by Gasteiger charge is 2.13. The van der Waals surface area contributed by atoms with E-state index in [0.717, 1.165) is 28.2 Å². The molecule has 6 heteroatoms. The second-order valence-electron chi connectivity index (χ2n) is 7.47. The molecule has 170 valence electrons. The average Bonchev–Trinajstić information content (AvgIpc) is 2.86. The van der Waals surface area contributed by atoms with Crippen LogP contribution >= 0.6 is 0 Å². The molecule has 0 fully saturated rings. The molecule has 1 atom stereocenters. The topological polar surface area (TPSA) is 76.7 Å². The molecule has 1 unspecified atom stereocenters. The van der Waals surface area contributed by atoms with Crippen LogP contribution in [0.5, 0.6) is 11.5 Å². The van der Waals surface area contributed by atoms with Crippen LogP contribution in [0.2, 0.25) is 0 Å². The number of benzene rings is 3. The largest absolute Gasteiger partial charge is 0.497 e. The molecule has 3 rings (SSSR count). The fourth-order valence-corrected chi connectivity index (χ4v) is 2.99. The van der Waals surface area contributed by atoms with E-state index >= 15 is 0 Å². The Morgan fingerprint density at radius 1 is 0.879 bits per heavy atom. The molecule has 0 saturated carbocycles. The van der Waals surface area contributed by atoms with Crippen LogP contribution in [0.25, 0.3) is 6.08 Å². The first-order valence-electron chi connectivity index (χ1n) is 10.7. The lowest BCUT2D eigenvalue weighted by atomic mass is 10.1. The van der Waals surface area contributed by atoms with E-state index in [2.05, 4.69) is 10.6 Å². The van der Waals surface area contributed by atoms with Gasteiger partial charge in [0.2, 0.25) is 11.8 Å². The van der Waals surface area contributed by atoms with Crippen molar-refractivity contribution in [3.63, 3.8) is 0 Å². The molecular weight excluding hydrogens is 416 g/mol. The van der Waals surface area contributed by atoms with Gasteiger partial charge in [0.05, 0.1) is 7.11 Å². The fraction of sp³-hybridized carbons (Fsp3) is 0.185. The van der Waals surface area contributed by atoms with Gasteiger partial charge in [0.1, 0.15) is 24.1 Å². The standard InChI is InChI=1S/C27H28N2O4/c1-20(29-26(30)17-14-21-12-15-24(32-2)16-13-21)27(31)28-18-22-8-10-23(11-9-22)19-33-25-6-4-3-5-7-25/h3-17,20H,18-19H2,1-2H3,(H,28,31)(H,29,30)/b17-14+. The van der Waals surface area contributed by atoms with Crippen LogP contribution in [0.1, 0.15) is 23.6 Å². The number of ether oxygens (including phenoxy) is 2. The molecule has 3 aromatic carbocycles. The van der Waals surface area contributed by atoms with Gasteiger partial charge in [-0.1, -0.05) is 54.6 Å². The maximum atomic E-state index is 12.3. The molecule has 33 heavy (non-hydrogen) atoms. The third-order valence-electron chi connectivity index (χ3n) is 4.93. The third kappa shape index (κ3) is 7.85. The van der Waals surface area contributed by atoms with E-state index < -0.39 is 6.04 Å². The summed E-state index contributed by atoms with van der Waals surface area (Å²) < 4.78 is 10.8. The maximum absolute atomic E-state index is 12.3. The van der Waals surface area contributed by atoms with E-state index in [9.17, 15) is 9.59 Å². The van der Waals surface area contributed by atoms with Gasteiger partial charge in [0.15, 0.2) is 0 Å². The summed E-state index contributed by atoms with van der Waals surface area (Å²) in [6, 6.07) is 24.1. The summed E-state index contributed by atoms with van der Waals surface area (Å²) in [7, 11) is 1.60. The highest BCUT2D eigenvalue weighted by Crippen LogP contribution is 2.13. The van der Waals surface area contributed by atoms with E-state index in [-0.39, 0.29) is 11.8 Å². The minimum Gasteiger partial charge on any atom is -0.497 e. The summed E-state index contributed by atoms with van der Waals surface area (Å²) in [5.41, 5.74) is 2.86. The lowest BCUT2D eigenvalue weighted by Crippen LogP contribution is -2.44. The summed E-state index contributed by atoms with van der Waals surface area (Å²) >= 11 is 0. The molecule has 3 aromatic rings. The molecule has 2 N–H and O–H groups in total. The molecule has 0 aliphatic heterocycles. The van der Waals surface area contributed by atoms with Crippen molar-refractivity contribution in [2.24, 2.45) is 0 Å². The van der Waals surface area contributed by atoms with E-state index in [0.29, 0.717) is 13.2 Å². The molecule has 2 amide bonds. The fourth-order valence-electron chi connectivity index (χ4n) is 2.99. The predicted molar refractivity (Wildman–Crippen MR) is 129 cm³/mol. The number of amides is 2. The number of rotatable bonds is 10. The lowest BCUT2D eigenvalue weighted by molar-refractivity contribution is -0.126. The number of hydrogen-bond donors (Lipinski definition) is 2. The van der Waals surface area contributed by atoms with Crippen molar-refractivity contribution < 1.29 is 19.1 Å². The Balaban J connectivity index is 1.40. The predicted octanol–water partition coefficient (Wildman–Crippen LogP) is 4.11. The molecule has 0 spiro atoms. The van der Waals surface area contributed by atoms with Gasteiger partial charge in [0.25, 0.3) is 0 Å². The first-order valence-corrected chi connectivity index (χ1v) is 10.7. The average molecular weight is 445 g/mol. The van der Waals surface area contributed by atoms with Crippen molar-refractivity contribution in [1.29, 1.82) is 0 Å². The van der Waals surface area contributed by atoms with Crippen LogP contribution in [-0.4, -0.2) is 25.0 Å². The quantitative estimate of drug-likeness (QED) is 0.462. The molecule has 0 heterocycles. The molecule has 0 saturated heterocycles. The number of nitrogens with one attached hydrogen (secondary N) is 2. The van der Waals surface area contributed by atoms with E-state index in [4.69, 9.17) is 9.47 Å². The zero-order valence-corrected chi connectivity index (χ0v) is 18.8. The van der Waals surface area contributed by atoms with Gasteiger partial charge >= 0.3 is 0 Å². The van der Waals surface area contributed by atoms with E-state index in [1.54, 1.807) is 20.1 Å². The van der Waals surface area contributed by atoms with Crippen molar-refractivity contribution in [1.82, 2.24) is 10.6 Å². The summed E-state index contributed by atoms with van der Waals surface area (Å²) in [4.78, 5) is 24.5. The van der Waals surface area contributed by atoms with Crippen LogP contribution < -0.4 is 20.1 Å². The van der Waals surface area contributed by atoms with Gasteiger partial charge < -0.3 is 20.1 Å². The van der Waals surface area contributed by atoms with Gasteiger partial charge in [-0.3, -0.25) is 9.59 Å². The number of methoxy groups -OCH3 is 1. The SMILES string of the molecule is COc1ccc(/C=C/C(=O)NC(C)C(=O)NCc2ccc(COc3ccccc3)cc2)cc1. The number of para-hydroxylation sites is 1. The minimum atomic E-state index is -0.656. The Hall–Kier alpha value is -4.06. The van der Waals surface area contributed by atoms with Crippen LogP contribution in [-0.2, 0) is 22.7 Å². The van der Waals surface area contributed by atoms with Crippen molar-refractivity contribution >= 4 is 17.9 Å².